The second kappa shape index (κ2) is 5.34. The van der Waals surface area contributed by atoms with E-state index in [1.807, 2.05) is 6.92 Å². The van der Waals surface area contributed by atoms with Gasteiger partial charge in [0.2, 0.25) is 0 Å². The first-order valence-electron chi connectivity index (χ1n) is 6.16. The molecule has 1 heterocycles. The lowest BCUT2D eigenvalue weighted by atomic mass is 9.83. The summed E-state index contributed by atoms with van der Waals surface area (Å²) in [5.74, 6) is -0.393. The molecule has 0 bridgehead atoms. The third kappa shape index (κ3) is 2.41. The summed E-state index contributed by atoms with van der Waals surface area (Å²) in [4.78, 5) is 0. The third-order valence-corrected chi connectivity index (χ3v) is 3.69. The molecule has 1 saturated heterocycles. The number of methoxy groups -OCH3 is 1. The number of hydrogen-bond acceptors (Lipinski definition) is 3. The molecule has 0 radical (unpaired) electrons. The Balaban J connectivity index is 2.33. The predicted octanol–water partition coefficient (Wildman–Crippen LogP) is 2.36. The van der Waals surface area contributed by atoms with Crippen LogP contribution in [0.1, 0.15) is 30.1 Å². The minimum atomic E-state index is -0.966. The van der Waals surface area contributed by atoms with Gasteiger partial charge in [0.15, 0.2) is 0 Å². The van der Waals surface area contributed by atoms with Crippen LogP contribution >= 0.6 is 0 Å². The van der Waals surface area contributed by atoms with Gasteiger partial charge in [-0.05, 0) is 13.0 Å². The highest BCUT2D eigenvalue weighted by Gasteiger charge is 2.41. The smallest absolute Gasteiger partial charge is 0.129 e. The summed E-state index contributed by atoms with van der Waals surface area (Å²) in [5.41, 5.74) is 0.481. The first kappa shape index (κ1) is 13.5. The molecule has 1 atom stereocenters. The Labute approximate surface area is 107 Å². The maximum Gasteiger partial charge on any atom is 0.129 e. The second-order valence-electron chi connectivity index (χ2n) is 4.81. The summed E-state index contributed by atoms with van der Waals surface area (Å²) in [7, 11) is 1.56. The molecule has 4 heteroatoms. The van der Waals surface area contributed by atoms with E-state index in [1.54, 1.807) is 19.2 Å². The number of aryl methyl sites for hydroxylation is 1. The van der Waals surface area contributed by atoms with Gasteiger partial charge in [-0.25, -0.2) is 4.39 Å². The Morgan fingerprint density at radius 1 is 1.39 bits per heavy atom. The Kier molecular flexibility index (Phi) is 4.00. The summed E-state index contributed by atoms with van der Waals surface area (Å²) in [6.07, 6.45) is 0.169. The predicted molar refractivity (Wildman–Crippen MR) is 65.9 cm³/mol. The fourth-order valence-electron chi connectivity index (χ4n) is 2.46. The van der Waals surface area contributed by atoms with Crippen molar-refractivity contribution in [3.63, 3.8) is 0 Å². The Hall–Kier alpha value is -0.970. The van der Waals surface area contributed by atoms with Crippen molar-refractivity contribution in [2.24, 2.45) is 0 Å². The zero-order valence-electron chi connectivity index (χ0n) is 10.8. The first-order valence-corrected chi connectivity index (χ1v) is 6.16. The summed E-state index contributed by atoms with van der Waals surface area (Å²) >= 11 is 0. The molecule has 0 saturated carbocycles. The highest BCUT2D eigenvalue weighted by molar-refractivity contribution is 5.28. The number of hydrogen-bond donors (Lipinski definition) is 1. The summed E-state index contributed by atoms with van der Waals surface area (Å²) < 4.78 is 24.6. The SMILES string of the molecule is COC1(C(O)c2cc(C)ccc2F)CCOCC1. The van der Waals surface area contributed by atoms with Crippen LogP contribution in [-0.2, 0) is 9.47 Å². The highest BCUT2D eigenvalue weighted by Crippen LogP contribution is 2.38. The van der Waals surface area contributed by atoms with Gasteiger partial charge in [-0.3, -0.25) is 0 Å². The van der Waals surface area contributed by atoms with Gasteiger partial charge in [-0.2, -0.15) is 0 Å². The second-order valence-corrected chi connectivity index (χ2v) is 4.81. The normalized spacial score (nSPS) is 20.7. The van der Waals surface area contributed by atoms with Crippen LogP contribution in [0.2, 0.25) is 0 Å². The first-order chi connectivity index (χ1) is 8.59. The van der Waals surface area contributed by atoms with E-state index >= 15 is 0 Å². The van der Waals surface area contributed by atoms with Crippen molar-refractivity contribution >= 4 is 0 Å². The molecule has 0 aromatic heterocycles. The van der Waals surface area contributed by atoms with E-state index in [2.05, 4.69) is 0 Å². The van der Waals surface area contributed by atoms with Crippen LogP contribution in [0, 0.1) is 12.7 Å². The number of benzene rings is 1. The van der Waals surface area contributed by atoms with Crippen molar-refractivity contribution < 1.29 is 19.0 Å². The van der Waals surface area contributed by atoms with Crippen LogP contribution in [0.25, 0.3) is 0 Å². The molecule has 3 nitrogen and oxygen atoms in total. The molecule has 18 heavy (non-hydrogen) atoms. The van der Waals surface area contributed by atoms with Crippen LogP contribution in [0.5, 0.6) is 0 Å². The summed E-state index contributed by atoms with van der Waals surface area (Å²) in [5, 5.41) is 10.5. The summed E-state index contributed by atoms with van der Waals surface area (Å²) in [6, 6.07) is 4.75. The minimum absolute atomic E-state index is 0.304. The molecule has 100 valence electrons. The van der Waals surface area contributed by atoms with E-state index in [0.29, 0.717) is 31.6 Å². The Bertz CT molecular complexity index is 414. The molecular weight excluding hydrogens is 235 g/mol. The van der Waals surface area contributed by atoms with Crippen molar-refractivity contribution in [1.82, 2.24) is 0 Å². The van der Waals surface area contributed by atoms with Gasteiger partial charge < -0.3 is 14.6 Å². The van der Waals surface area contributed by atoms with Crippen LogP contribution in [-0.4, -0.2) is 31.0 Å². The maximum absolute atomic E-state index is 13.8. The Morgan fingerprint density at radius 3 is 2.67 bits per heavy atom. The highest BCUT2D eigenvalue weighted by atomic mass is 19.1. The van der Waals surface area contributed by atoms with Gasteiger partial charge in [-0.1, -0.05) is 17.7 Å². The van der Waals surface area contributed by atoms with E-state index in [4.69, 9.17) is 9.47 Å². The van der Waals surface area contributed by atoms with Gasteiger partial charge in [-0.15, -0.1) is 0 Å². The molecule has 0 amide bonds. The average molecular weight is 254 g/mol. The average Bonchev–Trinajstić information content (AvgIpc) is 2.41. The van der Waals surface area contributed by atoms with Gasteiger partial charge in [0.1, 0.15) is 17.5 Å². The number of halogens is 1. The largest absolute Gasteiger partial charge is 0.385 e. The van der Waals surface area contributed by atoms with Crippen LogP contribution in [0.15, 0.2) is 18.2 Å². The lowest BCUT2D eigenvalue weighted by Gasteiger charge is -2.40. The zero-order chi connectivity index (χ0) is 13.2. The van der Waals surface area contributed by atoms with Crippen molar-refractivity contribution in [3.8, 4) is 0 Å². The topological polar surface area (TPSA) is 38.7 Å². The molecule has 1 aliphatic heterocycles. The molecule has 1 unspecified atom stereocenters. The number of ether oxygens (including phenoxy) is 2. The fourth-order valence-corrected chi connectivity index (χ4v) is 2.46. The van der Waals surface area contributed by atoms with Gasteiger partial charge >= 0.3 is 0 Å². The van der Waals surface area contributed by atoms with E-state index in [1.165, 1.54) is 6.07 Å². The van der Waals surface area contributed by atoms with Crippen LogP contribution in [0.4, 0.5) is 4.39 Å². The van der Waals surface area contributed by atoms with Crippen molar-refractivity contribution in [2.75, 3.05) is 20.3 Å². The lowest BCUT2D eigenvalue weighted by Crippen LogP contribution is -2.44. The van der Waals surface area contributed by atoms with Gasteiger partial charge in [0.05, 0.1) is 0 Å². The zero-order valence-corrected chi connectivity index (χ0v) is 10.8. The van der Waals surface area contributed by atoms with E-state index in [-0.39, 0.29) is 0 Å². The van der Waals surface area contributed by atoms with Crippen molar-refractivity contribution in [1.29, 1.82) is 0 Å². The lowest BCUT2D eigenvalue weighted by molar-refractivity contribution is -0.155. The Morgan fingerprint density at radius 2 is 2.06 bits per heavy atom. The summed E-state index contributed by atoms with van der Waals surface area (Å²) in [6.45, 7) is 2.93. The monoisotopic (exact) mass is 254 g/mol. The molecule has 0 spiro atoms. The molecule has 1 N–H and O–H groups in total. The molecule has 2 rings (SSSR count). The van der Waals surface area contributed by atoms with Crippen LogP contribution < -0.4 is 0 Å². The van der Waals surface area contributed by atoms with E-state index in [9.17, 15) is 9.50 Å². The maximum atomic E-state index is 13.8. The quantitative estimate of drug-likeness (QED) is 0.900. The number of aliphatic hydroxyl groups excluding tert-OH is 1. The van der Waals surface area contributed by atoms with Gasteiger partial charge in [0.25, 0.3) is 0 Å². The molecule has 1 fully saturated rings. The fraction of sp³-hybridized carbons (Fsp3) is 0.571. The number of rotatable bonds is 3. The van der Waals surface area contributed by atoms with Crippen molar-refractivity contribution in [3.05, 3.63) is 35.1 Å². The molecular formula is C14H19FO3. The third-order valence-electron chi connectivity index (χ3n) is 3.69. The van der Waals surface area contributed by atoms with Crippen molar-refractivity contribution in [2.45, 2.75) is 31.5 Å². The molecule has 1 aromatic carbocycles. The van der Waals surface area contributed by atoms with Gasteiger partial charge in [0, 0.05) is 38.7 Å². The standard InChI is InChI=1S/C14H19FO3/c1-10-3-4-12(15)11(9-10)13(16)14(17-2)5-7-18-8-6-14/h3-4,9,13,16H,5-8H2,1-2H3. The van der Waals surface area contributed by atoms with E-state index in [0.717, 1.165) is 5.56 Å². The molecule has 1 aliphatic rings. The minimum Gasteiger partial charge on any atom is -0.385 e. The molecule has 0 aliphatic carbocycles. The van der Waals surface area contributed by atoms with E-state index < -0.39 is 17.5 Å². The molecule has 1 aromatic rings. The van der Waals surface area contributed by atoms with Crippen LogP contribution in [0.3, 0.4) is 0 Å². The number of aliphatic hydroxyl groups is 1.